The van der Waals surface area contributed by atoms with Crippen molar-refractivity contribution < 1.29 is 19.0 Å². The van der Waals surface area contributed by atoms with Crippen LogP contribution in [0.1, 0.15) is 11.1 Å². The second-order valence-electron chi connectivity index (χ2n) is 8.05. The number of pyridine rings is 1. The van der Waals surface area contributed by atoms with Gasteiger partial charge in [0.05, 0.1) is 46.4 Å². The molecule has 3 aromatic heterocycles. The SMILES string of the molecule is COc1cnc2c(-c3nc4c(C)cc(OCCOC(=O)Nc5cccnc5)cc4s3)cc(C)cc2n1. The van der Waals surface area contributed by atoms with Crippen molar-refractivity contribution in [1.29, 1.82) is 0 Å². The molecule has 10 heteroatoms. The van der Waals surface area contributed by atoms with Crippen molar-refractivity contribution in [1.82, 2.24) is 19.9 Å². The van der Waals surface area contributed by atoms with E-state index in [2.05, 4.69) is 26.3 Å². The van der Waals surface area contributed by atoms with Gasteiger partial charge in [-0.05, 0) is 61.4 Å². The fourth-order valence-electron chi connectivity index (χ4n) is 3.76. The van der Waals surface area contributed by atoms with Gasteiger partial charge in [-0.2, -0.15) is 0 Å². The first kappa shape index (κ1) is 23.4. The van der Waals surface area contributed by atoms with Crippen LogP contribution in [-0.2, 0) is 4.74 Å². The number of carbonyl (C=O) groups excluding carboxylic acids is 1. The largest absolute Gasteiger partial charge is 0.490 e. The molecule has 0 aliphatic heterocycles. The molecular formula is C26H23N5O4S. The lowest BCUT2D eigenvalue weighted by Gasteiger charge is -2.09. The van der Waals surface area contributed by atoms with Crippen molar-refractivity contribution in [2.75, 3.05) is 25.6 Å². The third-order valence-electron chi connectivity index (χ3n) is 5.36. The molecule has 3 heterocycles. The Labute approximate surface area is 211 Å². The monoisotopic (exact) mass is 501 g/mol. The van der Waals surface area contributed by atoms with Crippen LogP contribution in [0.15, 0.2) is 55.0 Å². The van der Waals surface area contributed by atoms with Crippen molar-refractivity contribution in [2.24, 2.45) is 0 Å². The number of nitrogens with zero attached hydrogens (tertiary/aromatic N) is 4. The Bertz CT molecular complexity index is 1560. The molecule has 0 aliphatic rings. The Kier molecular flexibility index (Phi) is 6.59. The van der Waals surface area contributed by atoms with E-state index in [1.54, 1.807) is 49.2 Å². The van der Waals surface area contributed by atoms with E-state index in [0.717, 1.165) is 42.9 Å². The molecule has 9 nitrogen and oxygen atoms in total. The zero-order valence-corrected chi connectivity index (χ0v) is 20.8. The lowest BCUT2D eigenvalue weighted by atomic mass is 10.1. The summed E-state index contributed by atoms with van der Waals surface area (Å²) in [6, 6.07) is 11.4. The highest BCUT2D eigenvalue weighted by Crippen LogP contribution is 2.37. The molecule has 0 atom stereocenters. The van der Waals surface area contributed by atoms with Crippen LogP contribution < -0.4 is 14.8 Å². The van der Waals surface area contributed by atoms with Crippen LogP contribution in [-0.4, -0.2) is 46.4 Å². The molecule has 5 aromatic rings. The Balaban J connectivity index is 1.31. The number of benzene rings is 2. The van der Waals surface area contributed by atoms with Gasteiger partial charge in [-0.25, -0.2) is 19.7 Å². The smallest absolute Gasteiger partial charge is 0.411 e. The van der Waals surface area contributed by atoms with Gasteiger partial charge in [0, 0.05) is 11.8 Å². The Morgan fingerprint density at radius 1 is 1.06 bits per heavy atom. The molecule has 0 saturated heterocycles. The molecule has 0 saturated carbocycles. The van der Waals surface area contributed by atoms with Crippen LogP contribution in [0.3, 0.4) is 0 Å². The summed E-state index contributed by atoms with van der Waals surface area (Å²) in [5.74, 6) is 1.16. The van der Waals surface area contributed by atoms with Crippen molar-refractivity contribution in [3.63, 3.8) is 0 Å². The summed E-state index contributed by atoms with van der Waals surface area (Å²) in [5, 5.41) is 3.47. The van der Waals surface area contributed by atoms with Gasteiger partial charge in [0.25, 0.3) is 0 Å². The molecule has 5 rings (SSSR count). The molecule has 0 spiro atoms. The maximum Gasteiger partial charge on any atom is 0.411 e. The maximum atomic E-state index is 11.9. The molecule has 0 aliphatic carbocycles. The highest BCUT2D eigenvalue weighted by molar-refractivity contribution is 7.21. The maximum absolute atomic E-state index is 11.9. The van der Waals surface area contributed by atoms with Crippen LogP contribution in [0.2, 0.25) is 0 Å². The Morgan fingerprint density at radius 2 is 1.94 bits per heavy atom. The van der Waals surface area contributed by atoms with Gasteiger partial charge >= 0.3 is 6.09 Å². The van der Waals surface area contributed by atoms with E-state index < -0.39 is 6.09 Å². The van der Waals surface area contributed by atoms with Gasteiger partial charge in [-0.3, -0.25) is 10.3 Å². The number of ether oxygens (including phenoxy) is 3. The topological polar surface area (TPSA) is 108 Å². The van der Waals surface area contributed by atoms with E-state index in [9.17, 15) is 4.79 Å². The number of methoxy groups -OCH3 is 1. The standard InChI is InChI=1S/C26H23N5O4S/c1-15-9-19(24-20(10-15)30-22(33-3)14-28-24)25-31-23-16(2)11-18(12-21(23)36-25)34-7-8-35-26(32)29-17-5-4-6-27-13-17/h4-6,9-14H,7-8H2,1-3H3,(H,29,32). The van der Waals surface area contributed by atoms with Crippen LogP contribution in [0.4, 0.5) is 10.5 Å². The minimum absolute atomic E-state index is 0.106. The van der Waals surface area contributed by atoms with Crippen LogP contribution in [0.25, 0.3) is 31.8 Å². The number of hydrogen-bond donors (Lipinski definition) is 1. The van der Waals surface area contributed by atoms with E-state index in [-0.39, 0.29) is 13.2 Å². The zero-order valence-electron chi connectivity index (χ0n) is 19.9. The molecule has 2 aromatic carbocycles. The summed E-state index contributed by atoms with van der Waals surface area (Å²) < 4.78 is 17.3. The molecule has 0 fully saturated rings. The van der Waals surface area contributed by atoms with Gasteiger partial charge in [0.2, 0.25) is 5.88 Å². The van der Waals surface area contributed by atoms with Gasteiger partial charge < -0.3 is 14.2 Å². The average Bonchev–Trinajstić information content (AvgIpc) is 3.31. The first-order valence-corrected chi connectivity index (χ1v) is 12.0. The van der Waals surface area contributed by atoms with Gasteiger partial charge in [-0.15, -0.1) is 11.3 Å². The molecule has 36 heavy (non-hydrogen) atoms. The summed E-state index contributed by atoms with van der Waals surface area (Å²) >= 11 is 1.57. The van der Waals surface area contributed by atoms with Gasteiger partial charge in [0.15, 0.2) is 0 Å². The molecule has 0 bridgehead atoms. The lowest BCUT2D eigenvalue weighted by Crippen LogP contribution is -2.17. The van der Waals surface area contributed by atoms with E-state index in [0.29, 0.717) is 17.3 Å². The molecule has 0 radical (unpaired) electrons. The zero-order chi connectivity index (χ0) is 25.1. The number of fused-ring (bicyclic) bond motifs is 2. The Hall–Kier alpha value is -4.31. The molecule has 1 amide bonds. The summed E-state index contributed by atoms with van der Waals surface area (Å²) in [6.45, 7) is 4.34. The minimum Gasteiger partial charge on any atom is -0.490 e. The van der Waals surface area contributed by atoms with E-state index >= 15 is 0 Å². The van der Waals surface area contributed by atoms with Crippen LogP contribution >= 0.6 is 11.3 Å². The average molecular weight is 502 g/mol. The van der Waals surface area contributed by atoms with Crippen molar-refractivity contribution in [3.05, 3.63) is 66.1 Å². The van der Waals surface area contributed by atoms with Gasteiger partial charge in [0.1, 0.15) is 24.0 Å². The summed E-state index contributed by atoms with van der Waals surface area (Å²) in [4.78, 5) is 29.9. The number of anilines is 1. The number of hydrogen-bond acceptors (Lipinski definition) is 9. The fourth-order valence-corrected chi connectivity index (χ4v) is 4.85. The predicted molar refractivity (Wildman–Crippen MR) is 139 cm³/mol. The Morgan fingerprint density at radius 3 is 2.75 bits per heavy atom. The summed E-state index contributed by atoms with van der Waals surface area (Å²) in [6.07, 6.45) is 4.23. The first-order valence-electron chi connectivity index (χ1n) is 11.2. The van der Waals surface area contributed by atoms with Crippen molar-refractivity contribution in [2.45, 2.75) is 13.8 Å². The van der Waals surface area contributed by atoms with Crippen molar-refractivity contribution >= 4 is 44.4 Å². The van der Waals surface area contributed by atoms with E-state index in [4.69, 9.17) is 19.2 Å². The third-order valence-corrected chi connectivity index (χ3v) is 6.40. The quantitative estimate of drug-likeness (QED) is 0.289. The number of amides is 1. The number of aromatic nitrogens is 4. The summed E-state index contributed by atoms with van der Waals surface area (Å²) in [7, 11) is 1.58. The lowest BCUT2D eigenvalue weighted by molar-refractivity contribution is 0.138. The third kappa shape index (κ3) is 5.03. The minimum atomic E-state index is -0.559. The second-order valence-corrected chi connectivity index (χ2v) is 9.08. The molecule has 1 N–H and O–H groups in total. The molecular weight excluding hydrogens is 478 g/mol. The number of rotatable bonds is 7. The van der Waals surface area contributed by atoms with Crippen molar-refractivity contribution in [3.8, 4) is 22.2 Å². The van der Waals surface area contributed by atoms with Crippen LogP contribution in [0, 0.1) is 13.8 Å². The predicted octanol–water partition coefficient (Wildman–Crippen LogP) is 5.55. The highest BCUT2D eigenvalue weighted by Gasteiger charge is 2.15. The van der Waals surface area contributed by atoms with E-state index in [1.165, 1.54) is 0 Å². The highest BCUT2D eigenvalue weighted by atomic mass is 32.1. The number of carbonyl (C=O) groups is 1. The van der Waals surface area contributed by atoms with E-state index in [1.807, 2.05) is 32.0 Å². The molecule has 182 valence electrons. The first-order chi connectivity index (χ1) is 17.5. The normalized spacial score (nSPS) is 11.0. The number of nitrogens with one attached hydrogen (secondary N) is 1. The van der Waals surface area contributed by atoms with Crippen LogP contribution in [0.5, 0.6) is 11.6 Å². The fraction of sp³-hybridized carbons (Fsp3) is 0.192. The number of thiazole rings is 1. The van der Waals surface area contributed by atoms with Gasteiger partial charge in [-0.1, -0.05) is 0 Å². The summed E-state index contributed by atoms with van der Waals surface area (Å²) in [5.41, 5.74) is 5.99. The second kappa shape index (κ2) is 10.1. The molecule has 0 unspecified atom stereocenters. The number of aryl methyl sites for hydroxylation is 2.